The van der Waals surface area contributed by atoms with E-state index in [1.54, 1.807) is 13.3 Å². The number of nitrogens with zero attached hydrogens (tertiary/aromatic N) is 4. The zero-order valence-corrected chi connectivity index (χ0v) is 16.2. The normalized spacial score (nSPS) is 14.9. The summed E-state index contributed by atoms with van der Waals surface area (Å²) in [4.78, 5) is 25.9. The molecule has 144 valence electrons. The molecule has 7 nitrogen and oxygen atoms in total. The van der Waals surface area contributed by atoms with Crippen molar-refractivity contribution in [2.24, 2.45) is 0 Å². The van der Waals surface area contributed by atoms with Crippen molar-refractivity contribution in [3.8, 4) is 5.75 Å². The first kappa shape index (κ1) is 19.1. The van der Waals surface area contributed by atoms with Crippen molar-refractivity contribution in [3.63, 3.8) is 0 Å². The van der Waals surface area contributed by atoms with Crippen LogP contribution in [0.4, 0.5) is 5.95 Å². The Labute approximate surface area is 160 Å². The van der Waals surface area contributed by atoms with Crippen molar-refractivity contribution in [1.82, 2.24) is 20.2 Å². The number of hydrogen-bond acceptors (Lipinski definition) is 6. The van der Waals surface area contributed by atoms with Gasteiger partial charge in [0.2, 0.25) is 5.95 Å². The number of amides is 1. The molecule has 1 aliphatic heterocycles. The van der Waals surface area contributed by atoms with Crippen molar-refractivity contribution >= 4 is 11.9 Å². The monoisotopic (exact) mass is 369 g/mol. The van der Waals surface area contributed by atoms with E-state index in [0.717, 1.165) is 37.5 Å². The number of carbonyl (C=O) groups excluding carboxylic acids is 1. The van der Waals surface area contributed by atoms with E-state index in [2.05, 4.69) is 32.1 Å². The van der Waals surface area contributed by atoms with E-state index in [9.17, 15) is 4.79 Å². The van der Waals surface area contributed by atoms with E-state index in [4.69, 9.17) is 4.74 Å². The van der Waals surface area contributed by atoms with Gasteiger partial charge in [-0.15, -0.1) is 0 Å². The average Bonchev–Trinajstić information content (AvgIpc) is 2.68. The van der Waals surface area contributed by atoms with Crippen LogP contribution in [0.25, 0.3) is 0 Å². The standard InChI is InChI=1S/C20H27N5O2/c1-15-17(14-22-20(23-15)25-12-10-24(2)11-13-25)19(26)21-9-8-16-6-4-5-7-18(16)27-3/h4-7,14H,8-13H2,1-3H3,(H,21,26). The molecule has 2 heterocycles. The third-order valence-electron chi connectivity index (χ3n) is 4.87. The Morgan fingerprint density at radius 1 is 1.22 bits per heavy atom. The number of ether oxygens (including phenoxy) is 1. The summed E-state index contributed by atoms with van der Waals surface area (Å²) in [5.74, 6) is 1.39. The topological polar surface area (TPSA) is 70.6 Å². The maximum atomic E-state index is 12.5. The lowest BCUT2D eigenvalue weighted by Gasteiger charge is -2.32. The van der Waals surface area contributed by atoms with Crippen molar-refractivity contribution in [2.45, 2.75) is 13.3 Å². The van der Waals surface area contributed by atoms with Crippen LogP contribution in [0.3, 0.4) is 0 Å². The molecule has 2 aromatic rings. The number of aromatic nitrogens is 2. The molecule has 1 fully saturated rings. The summed E-state index contributed by atoms with van der Waals surface area (Å²) < 4.78 is 5.34. The number of carbonyl (C=O) groups is 1. The fourth-order valence-corrected chi connectivity index (χ4v) is 3.15. The predicted molar refractivity (Wildman–Crippen MR) is 106 cm³/mol. The lowest BCUT2D eigenvalue weighted by atomic mass is 10.1. The molecule has 1 N–H and O–H groups in total. The number of nitrogens with one attached hydrogen (secondary N) is 1. The quantitative estimate of drug-likeness (QED) is 0.833. The van der Waals surface area contributed by atoms with Gasteiger partial charge < -0.3 is 19.9 Å². The smallest absolute Gasteiger partial charge is 0.254 e. The van der Waals surface area contributed by atoms with Gasteiger partial charge in [-0.05, 0) is 32.0 Å². The third-order valence-corrected chi connectivity index (χ3v) is 4.87. The molecule has 0 radical (unpaired) electrons. The van der Waals surface area contributed by atoms with Crippen molar-refractivity contribution in [2.75, 3.05) is 51.8 Å². The van der Waals surface area contributed by atoms with Gasteiger partial charge in [-0.25, -0.2) is 9.97 Å². The summed E-state index contributed by atoms with van der Waals surface area (Å²) in [7, 11) is 3.77. The molecular weight excluding hydrogens is 342 g/mol. The number of piperazine rings is 1. The van der Waals surface area contributed by atoms with Crippen LogP contribution in [0.5, 0.6) is 5.75 Å². The molecule has 1 aromatic heterocycles. The summed E-state index contributed by atoms with van der Waals surface area (Å²) in [6.07, 6.45) is 2.34. The molecule has 0 saturated carbocycles. The number of rotatable bonds is 6. The number of hydrogen-bond donors (Lipinski definition) is 1. The highest BCUT2D eigenvalue weighted by molar-refractivity contribution is 5.95. The summed E-state index contributed by atoms with van der Waals surface area (Å²) in [6.45, 7) is 6.18. The molecule has 27 heavy (non-hydrogen) atoms. The molecule has 0 bridgehead atoms. The molecular formula is C20H27N5O2. The minimum atomic E-state index is -0.146. The fraction of sp³-hybridized carbons (Fsp3) is 0.450. The van der Waals surface area contributed by atoms with E-state index in [1.165, 1.54) is 0 Å². The van der Waals surface area contributed by atoms with E-state index in [-0.39, 0.29) is 5.91 Å². The van der Waals surface area contributed by atoms with Gasteiger partial charge in [0, 0.05) is 38.9 Å². The van der Waals surface area contributed by atoms with Gasteiger partial charge in [-0.1, -0.05) is 18.2 Å². The molecule has 0 atom stereocenters. The predicted octanol–water partition coefficient (Wildman–Crippen LogP) is 1.52. The lowest BCUT2D eigenvalue weighted by Crippen LogP contribution is -2.45. The second-order valence-corrected chi connectivity index (χ2v) is 6.78. The van der Waals surface area contributed by atoms with Crippen LogP contribution in [0.2, 0.25) is 0 Å². The number of benzene rings is 1. The second-order valence-electron chi connectivity index (χ2n) is 6.78. The molecule has 0 aliphatic carbocycles. The van der Waals surface area contributed by atoms with Crippen LogP contribution in [0.1, 0.15) is 21.6 Å². The van der Waals surface area contributed by atoms with Crippen molar-refractivity contribution in [1.29, 1.82) is 0 Å². The number of aryl methyl sites for hydroxylation is 1. The van der Waals surface area contributed by atoms with Crippen LogP contribution < -0.4 is 15.0 Å². The van der Waals surface area contributed by atoms with E-state index in [0.29, 0.717) is 30.2 Å². The Balaban J connectivity index is 1.58. The third kappa shape index (κ3) is 4.74. The zero-order chi connectivity index (χ0) is 19.2. The molecule has 7 heteroatoms. The number of likely N-dealkylation sites (N-methyl/N-ethyl adjacent to an activating group) is 1. The lowest BCUT2D eigenvalue weighted by molar-refractivity contribution is 0.0952. The Kier molecular flexibility index (Phi) is 6.24. The fourth-order valence-electron chi connectivity index (χ4n) is 3.15. The Hall–Kier alpha value is -2.67. The average molecular weight is 369 g/mol. The van der Waals surface area contributed by atoms with Crippen LogP contribution in [-0.2, 0) is 6.42 Å². The van der Waals surface area contributed by atoms with Crippen LogP contribution in [0, 0.1) is 6.92 Å². The van der Waals surface area contributed by atoms with E-state index < -0.39 is 0 Å². The molecule has 1 aromatic carbocycles. The molecule has 3 rings (SSSR count). The van der Waals surface area contributed by atoms with E-state index >= 15 is 0 Å². The molecule has 1 amide bonds. The first-order valence-electron chi connectivity index (χ1n) is 9.25. The Morgan fingerprint density at radius 3 is 2.67 bits per heavy atom. The number of para-hydroxylation sites is 1. The van der Waals surface area contributed by atoms with Gasteiger partial charge >= 0.3 is 0 Å². The highest BCUT2D eigenvalue weighted by Crippen LogP contribution is 2.17. The van der Waals surface area contributed by atoms with Gasteiger partial charge in [0.05, 0.1) is 18.4 Å². The highest BCUT2D eigenvalue weighted by atomic mass is 16.5. The van der Waals surface area contributed by atoms with Gasteiger partial charge in [0.1, 0.15) is 5.75 Å². The largest absolute Gasteiger partial charge is 0.496 e. The highest BCUT2D eigenvalue weighted by Gasteiger charge is 2.18. The van der Waals surface area contributed by atoms with Crippen LogP contribution >= 0.6 is 0 Å². The molecule has 1 aliphatic rings. The minimum absolute atomic E-state index is 0.146. The summed E-state index contributed by atoms with van der Waals surface area (Å²) in [5.41, 5.74) is 2.29. The summed E-state index contributed by atoms with van der Waals surface area (Å²) in [6, 6.07) is 7.83. The second kappa shape index (κ2) is 8.81. The van der Waals surface area contributed by atoms with Crippen molar-refractivity contribution in [3.05, 3.63) is 47.3 Å². The SMILES string of the molecule is COc1ccccc1CCNC(=O)c1cnc(N2CCN(C)CC2)nc1C. The minimum Gasteiger partial charge on any atom is -0.496 e. The number of methoxy groups -OCH3 is 1. The maximum absolute atomic E-state index is 12.5. The summed E-state index contributed by atoms with van der Waals surface area (Å²) in [5, 5.41) is 2.95. The number of anilines is 1. The van der Waals surface area contributed by atoms with E-state index in [1.807, 2.05) is 31.2 Å². The first-order chi connectivity index (χ1) is 13.1. The molecule has 0 unspecified atom stereocenters. The summed E-state index contributed by atoms with van der Waals surface area (Å²) >= 11 is 0. The van der Waals surface area contributed by atoms with Crippen LogP contribution in [0.15, 0.2) is 30.5 Å². The van der Waals surface area contributed by atoms with Crippen molar-refractivity contribution < 1.29 is 9.53 Å². The van der Waals surface area contributed by atoms with Crippen LogP contribution in [-0.4, -0.2) is 67.7 Å². The maximum Gasteiger partial charge on any atom is 0.254 e. The zero-order valence-electron chi connectivity index (χ0n) is 16.2. The van der Waals surface area contributed by atoms with Gasteiger partial charge in [0.25, 0.3) is 5.91 Å². The Bertz CT molecular complexity index is 788. The Morgan fingerprint density at radius 2 is 1.96 bits per heavy atom. The molecule has 1 saturated heterocycles. The van der Waals surface area contributed by atoms with Gasteiger partial charge in [0.15, 0.2) is 0 Å². The molecule has 0 spiro atoms. The first-order valence-corrected chi connectivity index (χ1v) is 9.25. The van der Waals surface area contributed by atoms with Gasteiger partial charge in [-0.3, -0.25) is 4.79 Å². The van der Waals surface area contributed by atoms with Gasteiger partial charge in [-0.2, -0.15) is 0 Å².